The molecule has 1 atom stereocenters. The molecule has 1 heterocycles. The maximum atomic E-state index is 3.73. The van der Waals surface area contributed by atoms with Crippen LogP contribution in [0.1, 0.15) is 52.4 Å². The molecular formula is C14H28N2. The highest BCUT2D eigenvalue weighted by Crippen LogP contribution is 2.36. The van der Waals surface area contributed by atoms with Crippen LogP contribution >= 0.6 is 0 Å². The normalized spacial score (nSPS) is 30.0. The molecule has 0 radical (unpaired) electrons. The van der Waals surface area contributed by atoms with Crippen LogP contribution in [0.25, 0.3) is 0 Å². The van der Waals surface area contributed by atoms with Crippen LogP contribution < -0.4 is 5.32 Å². The van der Waals surface area contributed by atoms with E-state index in [2.05, 4.69) is 24.1 Å². The summed E-state index contributed by atoms with van der Waals surface area (Å²) in [6, 6.07) is 0.800. The first-order valence-corrected chi connectivity index (χ1v) is 7.11. The summed E-state index contributed by atoms with van der Waals surface area (Å²) >= 11 is 0. The summed E-state index contributed by atoms with van der Waals surface area (Å²) in [7, 11) is 0. The fourth-order valence-corrected chi connectivity index (χ4v) is 3.23. The van der Waals surface area contributed by atoms with Gasteiger partial charge in [0.25, 0.3) is 0 Å². The second-order valence-corrected chi connectivity index (χ2v) is 6.46. The van der Waals surface area contributed by atoms with E-state index >= 15 is 0 Å². The third-order valence-electron chi connectivity index (χ3n) is 4.25. The predicted molar refractivity (Wildman–Crippen MR) is 69.7 cm³/mol. The van der Waals surface area contributed by atoms with Crippen molar-refractivity contribution in [2.45, 2.75) is 58.4 Å². The van der Waals surface area contributed by atoms with E-state index in [1.54, 1.807) is 0 Å². The van der Waals surface area contributed by atoms with Crippen molar-refractivity contribution in [1.82, 2.24) is 10.2 Å². The van der Waals surface area contributed by atoms with E-state index in [0.717, 1.165) is 6.04 Å². The molecule has 2 nitrogen and oxygen atoms in total. The molecule has 1 aliphatic carbocycles. The number of hydrogen-bond donors (Lipinski definition) is 1. The van der Waals surface area contributed by atoms with Gasteiger partial charge in [0.1, 0.15) is 0 Å². The molecule has 94 valence electrons. The molecule has 2 rings (SSSR count). The zero-order valence-electron chi connectivity index (χ0n) is 11.1. The molecule has 1 aliphatic heterocycles. The third kappa shape index (κ3) is 3.74. The highest BCUT2D eigenvalue weighted by atomic mass is 15.1. The van der Waals surface area contributed by atoms with E-state index < -0.39 is 0 Å². The minimum atomic E-state index is 0.590. The average molecular weight is 224 g/mol. The third-order valence-corrected chi connectivity index (χ3v) is 4.25. The van der Waals surface area contributed by atoms with Gasteiger partial charge in [-0.05, 0) is 70.1 Å². The van der Waals surface area contributed by atoms with Gasteiger partial charge in [-0.2, -0.15) is 0 Å². The Morgan fingerprint density at radius 2 is 2.00 bits per heavy atom. The first-order chi connectivity index (χ1) is 7.66. The lowest BCUT2D eigenvalue weighted by Gasteiger charge is -2.19. The summed E-state index contributed by atoms with van der Waals surface area (Å²) in [5, 5.41) is 3.73. The van der Waals surface area contributed by atoms with Crippen LogP contribution in [0.15, 0.2) is 0 Å². The van der Waals surface area contributed by atoms with Gasteiger partial charge >= 0.3 is 0 Å². The van der Waals surface area contributed by atoms with Crippen molar-refractivity contribution in [3.05, 3.63) is 0 Å². The van der Waals surface area contributed by atoms with Crippen LogP contribution in [0.4, 0.5) is 0 Å². The highest BCUT2D eigenvalue weighted by molar-refractivity contribution is 4.86. The molecular weight excluding hydrogens is 196 g/mol. The molecule has 1 saturated carbocycles. The first kappa shape index (κ1) is 12.4. The van der Waals surface area contributed by atoms with E-state index in [-0.39, 0.29) is 0 Å². The summed E-state index contributed by atoms with van der Waals surface area (Å²) in [5.74, 6) is 0. The quantitative estimate of drug-likeness (QED) is 0.722. The molecule has 0 aromatic carbocycles. The fourth-order valence-electron chi connectivity index (χ4n) is 3.23. The zero-order chi connectivity index (χ0) is 11.4. The van der Waals surface area contributed by atoms with Gasteiger partial charge in [0.05, 0.1) is 0 Å². The summed E-state index contributed by atoms with van der Waals surface area (Å²) in [5.41, 5.74) is 0.590. The summed E-state index contributed by atoms with van der Waals surface area (Å²) in [6.07, 6.45) is 8.33. The summed E-state index contributed by atoms with van der Waals surface area (Å²) in [6.45, 7) is 10.0. The van der Waals surface area contributed by atoms with Crippen LogP contribution in [0.2, 0.25) is 0 Å². The van der Waals surface area contributed by atoms with E-state index in [9.17, 15) is 0 Å². The standard InChI is InChI=1S/C14H28N2/c1-14(2)7-6-13(12-14)15-8-5-11-16-9-3-4-10-16/h13,15H,3-12H2,1-2H3. The maximum absolute atomic E-state index is 3.73. The Morgan fingerprint density at radius 1 is 1.25 bits per heavy atom. The van der Waals surface area contributed by atoms with Crippen molar-refractivity contribution in [2.75, 3.05) is 26.2 Å². The number of nitrogens with one attached hydrogen (secondary N) is 1. The Kier molecular flexibility index (Phi) is 4.26. The monoisotopic (exact) mass is 224 g/mol. The lowest BCUT2D eigenvalue weighted by atomic mass is 9.92. The second kappa shape index (κ2) is 5.50. The van der Waals surface area contributed by atoms with Crippen LogP contribution in [0.3, 0.4) is 0 Å². The molecule has 0 aromatic rings. The second-order valence-electron chi connectivity index (χ2n) is 6.46. The number of likely N-dealkylation sites (tertiary alicyclic amines) is 1. The van der Waals surface area contributed by atoms with Crippen molar-refractivity contribution in [3.63, 3.8) is 0 Å². The van der Waals surface area contributed by atoms with Crippen LogP contribution in [-0.4, -0.2) is 37.1 Å². The molecule has 2 heteroatoms. The Bertz CT molecular complexity index is 207. The van der Waals surface area contributed by atoms with Crippen molar-refractivity contribution in [3.8, 4) is 0 Å². The summed E-state index contributed by atoms with van der Waals surface area (Å²) < 4.78 is 0. The van der Waals surface area contributed by atoms with E-state index in [1.165, 1.54) is 64.7 Å². The number of hydrogen-bond acceptors (Lipinski definition) is 2. The topological polar surface area (TPSA) is 15.3 Å². The van der Waals surface area contributed by atoms with Crippen molar-refractivity contribution in [2.24, 2.45) is 5.41 Å². The Labute approximate surface area is 101 Å². The van der Waals surface area contributed by atoms with Gasteiger partial charge in [0, 0.05) is 6.04 Å². The highest BCUT2D eigenvalue weighted by Gasteiger charge is 2.30. The molecule has 0 aromatic heterocycles. The van der Waals surface area contributed by atoms with Gasteiger partial charge in [-0.1, -0.05) is 13.8 Å². The molecule has 2 fully saturated rings. The van der Waals surface area contributed by atoms with Gasteiger partial charge in [0.2, 0.25) is 0 Å². The van der Waals surface area contributed by atoms with Gasteiger partial charge < -0.3 is 10.2 Å². The van der Waals surface area contributed by atoms with Crippen LogP contribution in [-0.2, 0) is 0 Å². The van der Waals surface area contributed by atoms with Crippen molar-refractivity contribution < 1.29 is 0 Å². The Morgan fingerprint density at radius 3 is 2.62 bits per heavy atom. The molecule has 1 unspecified atom stereocenters. The lowest BCUT2D eigenvalue weighted by molar-refractivity contribution is 0.323. The predicted octanol–water partition coefficient (Wildman–Crippen LogP) is 2.64. The van der Waals surface area contributed by atoms with Gasteiger partial charge in [0.15, 0.2) is 0 Å². The molecule has 1 N–H and O–H groups in total. The number of rotatable bonds is 5. The van der Waals surface area contributed by atoms with Crippen molar-refractivity contribution >= 4 is 0 Å². The smallest absolute Gasteiger partial charge is 0.00723 e. The van der Waals surface area contributed by atoms with E-state index in [1.807, 2.05) is 0 Å². The van der Waals surface area contributed by atoms with E-state index in [4.69, 9.17) is 0 Å². The van der Waals surface area contributed by atoms with Gasteiger partial charge in [-0.15, -0.1) is 0 Å². The van der Waals surface area contributed by atoms with Crippen LogP contribution in [0.5, 0.6) is 0 Å². The largest absolute Gasteiger partial charge is 0.314 e. The molecule has 1 saturated heterocycles. The minimum Gasteiger partial charge on any atom is -0.314 e. The zero-order valence-corrected chi connectivity index (χ0v) is 11.1. The Balaban J connectivity index is 1.51. The molecule has 16 heavy (non-hydrogen) atoms. The average Bonchev–Trinajstić information content (AvgIpc) is 2.82. The van der Waals surface area contributed by atoms with Gasteiger partial charge in [-0.25, -0.2) is 0 Å². The SMILES string of the molecule is CC1(C)CCC(NCCCN2CCCC2)C1. The van der Waals surface area contributed by atoms with Crippen molar-refractivity contribution in [1.29, 1.82) is 0 Å². The van der Waals surface area contributed by atoms with E-state index in [0.29, 0.717) is 5.41 Å². The minimum absolute atomic E-state index is 0.590. The molecule has 0 spiro atoms. The molecule has 2 aliphatic rings. The summed E-state index contributed by atoms with van der Waals surface area (Å²) in [4.78, 5) is 2.61. The first-order valence-electron chi connectivity index (χ1n) is 7.11. The molecule has 0 bridgehead atoms. The maximum Gasteiger partial charge on any atom is 0.00723 e. The van der Waals surface area contributed by atoms with Gasteiger partial charge in [-0.3, -0.25) is 0 Å². The number of nitrogens with zero attached hydrogens (tertiary/aromatic N) is 1. The Hall–Kier alpha value is -0.0800. The molecule has 0 amide bonds. The lowest BCUT2D eigenvalue weighted by Crippen LogP contribution is -2.31. The fraction of sp³-hybridized carbons (Fsp3) is 1.00. The van der Waals surface area contributed by atoms with Crippen LogP contribution in [0, 0.1) is 5.41 Å².